The molecule has 3 unspecified atom stereocenters. The van der Waals surface area contributed by atoms with Crippen LogP contribution in [0.15, 0.2) is 0 Å². The quantitative estimate of drug-likeness (QED) is 0.640. The van der Waals surface area contributed by atoms with Gasteiger partial charge in [-0.15, -0.1) is 0 Å². The Bertz CT molecular complexity index is 138. The van der Waals surface area contributed by atoms with Crippen LogP contribution in [-0.2, 0) is 4.74 Å². The summed E-state index contributed by atoms with van der Waals surface area (Å²) in [7, 11) is 0. The third kappa shape index (κ3) is 6.91. The van der Waals surface area contributed by atoms with Gasteiger partial charge in [0, 0.05) is 12.6 Å². The van der Waals surface area contributed by atoms with Gasteiger partial charge in [0.2, 0.25) is 0 Å². The van der Waals surface area contributed by atoms with Gasteiger partial charge in [-0.05, 0) is 26.2 Å². The minimum atomic E-state index is 0.200. The Morgan fingerprint density at radius 2 is 1.87 bits per heavy atom. The third-order valence-corrected chi connectivity index (χ3v) is 3.18. The monoisotopic (exact) mass is 215 g/mol. The highest BCUT2D eigenvalue weighted by molar-refractivity contribution is 4.73. The van der Waals surface area contributed by atoms with Gasteiger partial charge >= 0.3 is 0 Å². The third-order valence-electron chi connectivity index (χ3n) is 3.18. The first kappa shape index (κ1) is 14.9. The van der Waals surface area contributed by atoms with E-state index < -0.39 is 0 Å². The molecule has 0 fully saturated rings. The second kappa shape index (κ2) is 9.17. The predicted molar refractivity (Wildman–Crippen MR) is 67.0 cm³/mol. The van der Waals surface area contributed by atoms with Gasteiger partial charge in [-0.1, -0.05) is 39.5 Å². The minimum absolute atomic E-state index is 0.200. The molecule has 0 heterocycles. The number of nitrogens with two attached hydrogens (primary N) is 1. The van der Waals surface area contributed by atoms with Crippen LogP contribution in [0, 0.1) is 5.92 Å². The van der Waals surface area contributed by atoms with Gasteiger partial charge in [0.25, 0.3) is 0 Å². The van der Waals surface area contributed by atoms with Gasteiger partial charge in [0.05, 0.1) is 6.10 Å². The average Bonchev–Trinajstić information content (AvgIpc) is 2.24. The summed E-state index contributed by atoms with van der Waals surface area (Å²) in [6.07, 6.45) is 6.48. The highest BCUT2D eigenvalue weighted by atomic mass is 16.5. The Labute approximate surface area is 95.6 Å². The molecule has 0 aliphatic rings. The zero-order valence-corrected chi connectivity index (χ0v) is 11.0. The summed E-state index contributed by atoms with van der Waals surface area (Å²) in [5, 5.41) is 0. The average molecular weight is 215 g/mol. The molecule has 0 radical (unpaired) electrons. The van der Waals surface area contributed by atoms with E-state index in [9.17, 15) is 0 Å². The van der Waals surface area contributed by atoms with Crippen molar-refractivity contribution in [3.05, 3.63) is 0 Å². The molecule has 0 aromatic rings. The Hall–Kier alpha value is -0.0800. The first-order valence-electron chi connectivity index (χ1n) is 6.52. The SMILES string of the molecule is CCCCC(CC)CC(N)C(C)OCC. The molecule has 0 aromatic heterocycles. The van der Waals surface area contributed by atoms with Gasteiger partial charge in [0.1, 0.15) is 0 Å². The summed E-state index contributed by atoms with van der Waals surface area (Å²) in [6, 6.07) is 0.201. The van der Waals surface area contributed by atoms with E-state index in [4.69, 9.17) is 10.5 Å². The van der Waals surface area contributed by atoms with Crippen molar-refractivity contribution in [3.63, 3.8) is 0 Å². The van der Waals surface area contributed by atoms with Crippen molar-refractivity contribution in [3.8, 4) is 0 Å². The van der Waals surface area contributed by atoms with E-state index in [1.807, 2.05) is 6.92 Å². The molecule has 0 amide bonds. The molecule has 92 valence electrons. The highest BCUT2D eigenvalue weighted by Gasteiger charge is 2.17. The van der Waals surface area contributed by atoms with Gasteiger partial charge in [-0.2, -0.15) is 0 Å². The van der Waals surface area contributed by atoms with E-state index in [2.05, 4.69) is 20.8 Å². The van der Waals surface area contributed by atoms with Crippen LogP contribution >= 0.6 is 0 Å². The zero-order valence-electron chi connectivity index (χ0n) is 11.0. The lowest BCUT2D eigenvalue weighted by molar-refractivity contribution is 0.0507. The minimum Gasteiger partial charge on any atom is -0.377 e. The fourth-order valence-corrected chi connectivity index (χ4v) is 1.94. The van der Waals surface area contributed by atoms with E-state index in [0.717, 1.165) is 18.9 Å². The van der Waals surface area contributed by atoms with E-state index in [-0.39, 0.29) is 12.1 Å². The molecule has 0 spiro atoms. The maximum absolute atomic E-state index is 6.13. The van der Waals surface area contributed by atoms with Gasteiger partial charge in [-0.3, -0.25) is 0 Å². The van der Waals surface area contributed by atoms with Crippen molar-refractivity contribution in [2.75, 3.05) is 6.61 Å². The summed E-state index contributed by atoms with van der Waals surface area (Å²) in [5.74, 6) is 0.780. The maximum atomic E-state index is 6.13. The lowest BCUT2D eigenvalue weighted by atomic mass is 9.91. The molecule has 15 heavy (non-hydrogen) atoms. The smallest absolute Gasteiger partial charge is 0.0697 e. The van der Waals surface area contributed by atoms with Crippen molar-refractivity contribution >= 4 is 0 Å². The standard InChI is InChI=1S/C13H29NO/c1-5-8-9-12(6-2)10-13(14)11(4)15-7-3/h11-13H,5-10,14H2,1-4H3. The van der Waals surface area contributed by atoms with Crippen LogP contribution < -0.4 is 5.73 Å². The number of hydrogen-bond acceptors (Lipinski definition) is 2. The van der Waals surface area contributed by atoms with E-state index >= 15 is 0 Å². The molecule has 0 saturated carbocycles. The van der Waals surface area contributed by atoms with Crippen molar-refractivity contribution in [1.29, 1.82) is 0 Å². The summed E-state index contributed by atoms with van der Waals surface area (Å²) >= 11 is 0. The normalized spacial score (nSPS) is 17.4. The molecule has 2 heteroatoms. The van der Waals surface area contributed by atoms with Gasteiger partial charge < -0.3 is 10.5 Å². The van der Waals surface area contributed by atoms with Crippen LogP contribution in [0.5, 0.6) is 0 Å². The molecule has 3 atom stereocenters. The second-order valence-corrected chi connectivity index (χ2v) is 4.48. The topological polar surface area (TPSA) is 35.2 Å². The summed E-state index contributed by atoms with van der Waals surface area (Å²) in [4.78, 5) is 0. The lowest BCUT2D eigenvalue weighted by Crippen LogP contribution is -2.36. The van der Waals surface area contributed by atoms with Crippen LogP contribution in [0.3, 0.4) is 0 Å². The lowest BCUT2D eigenvalue weighted by Gasteiger charge is -2.24. The van der Waals surface area contributed by atoms with Crippen LogP contribution in [0.1, 0.15) is 59.8 Å². The molecule has 0 saturated heterocycles. The van der Waals surface area contributed by atoms with Crippen LogP contribution in [0.2, 0.25) is 0 Å². The molecule has 0 bridgehead atoms. The van der Waals surface area contributed by atoms with Crippen molar-refractivity contribution in [2.45, 2.75) is 71.9 Å². The predicted octanol–water partition coefficient (Wildman–Crippen LogP) is 3.35. The number of ether oxygens (including phenoxy) is 1. The van der Waals surface area contributed by atoms with Crippen LogP contribution in [0.25, 0.3) is 0 Å². The fraction of sp³-hybridized carbons (Fsp3) is 1.00. The molecule has 0 rings (SSSR count). The fourth-order valence-electron chi connectivity index (χ4n) is 1.94. The molecule has 0 aliphatic carbocycles. The maximum Gasteiger partial charge on any atom is 0.0697 e. The Morgan fingerprint density at radius 3 is 2.33 bits per heavy atom. The summed E-state index contributed by atoms with van der Waals surface area (Å²) < 4.78 is 5.53. The molecule has 0 aromatic carbocycles. The van der Waals surface area contributed by atoms with E-state index in [0.29, 0.717) is 0 Å². The summed E-state index contributed by atoms with van der Waals surface area (Å²) in [6.45, 7) is 9.38. The Kier molecular flexibility index (Phi) is 9.12. The van der Waals surface area contributed by atoms with E-state index in [1.54, 1.807) is 0 Å². The number of hydrogen-bond donors (Lipinski definition) is 1. The van der Waals surface area contributed by atoms with Gasteiger partial charge in [0.15, 0.2) is 0 Å². The van der Waals surface area contributed by atoms with E-state index in [1.165, 1.54) is 25.7 Å². The molecular weight excluding hydrogens is 186 g/mol. The van der Waals surface area contributed by atoms with Crippen molar-refractivity contribution < 1.29 is 4.74 Å². The Balaban J connectivity index is 3.83. The van der Waals surface area contributed by atoms with Gasteiger partial charge in [-0.25, -0.2) is 0 Å². The Morgan fingerprint density at radius 1 is 1.20 bits per heavy atom. The van der Waals surface area contributed by atoms with Crippen molar-refractivity contribution in [1.82, 2.24) is 0 Å². The second-order valence-electron chi connectivity index (χ2n) is 4.48. The molecular formula is C13H29NO. The largest absolute Gasteiger partial charge is 0.377 e. The molecule has 2 N–H and O–H groups in total. The highest BCUT2D eigenvalue weighted by Crippen LogP contribution is 2.19. The van der Waals surface area contributed by atoms with Crippen LogP contribution in [0.4, 0.5) is 0 Å². The first-order chi connectivity index (χ1) is 7.15. The molecule has 0 aliphatic heterocycles. The number of unbranched alkanes of at least 4 members (excludes halogenated alkanes) is 1. The van der Waals surface area contributed by atoms with Crippen LogP contribution in [-0.4, -0.2) is 18.8 Å². The first-order valence-corrected chi connectivity index (χ1v) is 6.52. The number of rotatable bonds is 9. The molecule has 2 nitrogen and oxygen atoms in total. The summed E-state index contributed by atoms with van der Waals surface area (Å²) in [5.41, 5.74) is 6.13. The van der Waals surface area contributed by atoms with Crippen molar-refractivity contribution in [2.24, 2.45) is 11.7 Å². The zero-order chi connectivity index (χ0) is 11.7.